The van der Waals surface area contributed by atoms with Crippen molar-refractivity contribution in [1.29, 1.82) is 0 Å². The van der Waals surface area contributed by atoms with E-state index in [0.717, 1.165) is 12.1 Å². The quantitative estimate of drug-likeness (QED) is 0.593. The van der Waals surface area contributed by atoms with E-state index < -0.39 is 0 Å². The molecular weight excluding hydrogens is 170 g/mol. The molecule has 0 heterocycles. The van der Waals surface area contributed by atoms with Crippen molar-refractivity contribution in [2.24, 2.45) is 0 Å². The summed E-state index contributed by atoms with van der Waals surface area (Å²) in [4.78, 5) is 0. The van der Waals surface area contributed by atoms with Gasteiger partial charge in [0.25, 0.3) is 0 Å². The molecule has 14 heavy (non-hydrogen) atoms. The van der Waals surface area contributed by atoms with Gasteiger partial charge in [0.1, 0.15) is 0 Å². The van der Waals surface area contributed by atoms with Crippen LogP contribution in [0.25, 0.3) is 18.2 Å². The summed E-state index contributed by atoms with van der Waals surface area (Å²) in [6.45, 7) is 0. The molecule has 1 heteroatoms. The van der Waals surface area contributed by atoms with E-state index >= 15 is 0 Å². The second kappa shape index (κ2) is 2.61. The number of anilines is 1. The lowest BCUT2D eigenvalue weighted by Gasteiger charge is -2.10. The van der Waals surface area contributed by atoms with E-state index in [9.17, 15) is 0 Å². The number of hydrogen-bond donors (Lipinski definition) is 1. The molecule has 1 aromatic rings. The third kappa shape index (κ3) is 0.896. The number of rotatable bonds is 0. The minimum Gasteiger partial charge on any atom is -0.398 e. The van der Waals surface area contributed by atoms with Crippen LogP contribution in [0.15, 0.2) is 24.3 Å². The first-order valence-electron chi connectivity index (χ1n) is 4.83. The molecule has 0 atom stereocenters. The zero-order valence-corrected chi connectivity index (χ0v) is 7.83. The fourth-order valence-electron chi connectivity index (χ4n) is 2.17. The smallest absolute Gasteiger partial charge is 0.0396 e. The predicted molar refractivity (Wildman–Crippen MR) is 60.9 cm³/mol. The molecule has 0 aliphatic heterocycles. The molecule has 0 fully saturated rings. The highest BCUT2D eigenvalue weighted by molar-refractivity contribution is 5.73. The van der Waals surface area contributed by atoms with Crippen LogP contribution in [0.3, 0.4) is 0 Å². The van der Waals surface area contributed by atoms with Crippen molar-refractivity contribution >= 4 is 23.9 Å². The second-order valence-corrected chi connectivity index (χ2v) is 3.69. The molecule has 2 N–H and O–H groups in total. The first-order valence-corrected chi connectivity index (χ1v) is 4.83. The Bertz CT molecular complexity index is 574. The van der Waals surface area contributed by atoms with E-state index in [4.69, 9.17) is 5.73 Å². The largest absolute Gasteiger partial charge is 0.398 e. The Hall–Kier alpha value is -1.76. The standard InChI is InChI=1S/C13H11N/c14-13-8-9-4-3-7-10(9)11-5-1-2-6-12(11)13/h1-4,6-8H,5,14H2. The molecular formula is C13H11N. The van der Waals surface area contributed by atoms with Crippen LogP contribution >= 0.6 is 0 Å². The first kappa shape index (κ1) is 7.63. The number of nitrogens with two attached hydrogens (primary N) is 1. The van der Waals surface area contributed by atoms with Crippen LogP contribution in [-0.2, 0) is 6.42 Å². The Kier molecular flexibility index (Phi) is 1.42. The van der Waals surface area contributed by atoms with Gasteiger partial charge in [-0.15, -0.1) is 0 Å². The molecule has 0 spiro atoms. The molecule has 0 aromatic heterocycles. The Balaban J connectivity index is 2.51. The van der Waals surface area contributed by atoms with Crippen molar-refractivity contribution in [1.82, 2.24) is 0 Å². The van der Waals surface area contributed by atoms with Gasteiger partial charge >= 0.3 is 0 Å². The number of benzene rings is 1. The minimum atomic E-state index is 0.892. The summed E-state index contributed by atoms with van der Waals surface area (Å²) in [5, 5.41) is 2.45. The van der Waals surface area contributed by atoms with Crippen molar-refractivity contribution in [2.75, 3.05) is 5.73 Å². The van der Waals surface area contributed by atoms with Crippen LogP contribution in [0.1, 0.15) is 11.1 Å². The Morgan fingerprint density at radius 2 is 2.07 bits per heavy atom. The zero-order chi connectivity index (χ0) is 9.54. The molecule has 0 amide bonds. The lowest BCUT2D eigenvalue weighted by molar-refractivity contribution is 1.21. The van der Waals surface area contributed by atoms with Gasteiger partial charge in [0.15, 0.2) is 0 Å². The molecule has 0 saturated carbocycles. The summed E-state index contributed by atoms with van der Waals surface area (Å²) in [5.74, 6) is 0. The summed E-state index contributed by atoms with van der Waals surface area (Å²) < 4.78 is 0. The summed E-state index contributed by atoms with van der Waals surface area (Å²) >= 11 is 0. The van der Waals surface area contributed by atoms with Crippen molar-refractivity contribution in [2.45, 2.75) is 6.42 Å². The molecule has 0 unspecified atom stereocenters. The molecule has 1 nitrogen and oxygen atoms in total. The molecule has 68 valence electrons. The fraction of sp³-hybridized carbons (Fsp3) is 0.0769. The Labute approximate surface area is 82.6 Å². The van der Waals surface area contributed by atoms with Crippen molar-refractivity contribution in [3.63, 3.8) is 0 Å². The molecule has 0 bridgehead atoms. The van der Waals surface area contributed by atoms with Crippen LogP contribution in [0.5, 0.6) is 0 Å². The Morgan fingerprint density at radius 3 is 3.00 bits per heavy atom. The maximum absolute atomic E-state index is 6.00. The van der Waals surface area contributed by atoms with Crippen LogP contribution < -0.4 is 16.2 Å². The third-order valence-corrected chi connectivity index (χ3v) is 2.84. The summed E-state index contributed by atoms with van der Waals surface area (Å²) in [6.07, 6.45) is 13.7. The van der Waals surface area contributed by atoms with Gasteiger partial charge in [0, 0.05) is 10.9 Å². The number of hydrogen-bond acceptors (Lipinski definition) is 1. The Morgan fingerprint density at radius 1 is 1.14 bits per heavy atom. The van der Waals surface area contributed by atoms with Crippen LogP contribution in [-0.4, -0.2) is 0 Å². The first-order chi connectivity index (χ1) is 6.86. The van der Waals surface area contributed by atoms with Gasteiger partial charge in [-0.25, -0.2) is 0 Å². The van der Waals surface area contributed by atoms with Gasteiger partial charge in [-0.05, 0) is 28.8 Å². The second-order valence-electron chi connectivity index (χ2n) is 3.69. The molecule has 2 aliphatic carbocycles. The monoisotopic (exact) mass is 181 g/mol. The highest BCUT2D eigenvalue weighted by atomic mass is 14.5. The lowest BCUT2D eigenvalue weighted by atomic mass is 9.96. The van der Waals surface area contributed by atoms with Gasteiger partial charge in [-0.2, -0.15) is 0 Å². The average molecular weight is 181 g/mol. The van der Waals surface area contributed by atoms with Crippen LogP contribution in [0, 0.1) is 0 Å². The van der Waals surface area contributed by atoms with Gasteiger partial charge < -0.3 is 5.73 Å². The van der Waals surface area contributed by atoms with Crippen molar-refractivity contribution in [3.8, 4) is 0 Å². The van der Waals surface area contributed by atoms with Crippen molar-refractivity contribution < 1.29 is 0 Å². The molecule has 3 rings (SSSR count). The predicted octanol–water partition coefficient (Wildman–Crippen LogP) is 0.969. The van der Waals surface area contributed by atoms with E-state index in [1.54, 1.807) is 0 Å². The maximum Gasteiger partial charge on any atom is 0.0396 e. The highest BCUT2D eigenvalue weighted by Gasteiger charge is 2.09. The summed E-state index contributed by atoms with van der Waals surface area (Å²) in [6, 6.07) is 2.06. The SMILES string of the molecule is Nc1cc2c(c3c1=CC=CC3)C=CC=2. The molecule has 1 aromatic carbocycles. The minimum absolute atomic E-state index is 0.892. The topological polar surface area (TPSA) is 26.0 Å². The van der Waals surface area contributed by atoms with E-state index in [2.05, 4.69) is 42.5 Å². The van der Waals surface area contributed by atoms with E-state index in [1.165, 1.54) is 21.6 Å². The van der Waals surface area contributed by atoms with Crippen LogP contribution in [0.4, 0.5) is 5.69 Å². The molecule has 0 saturated heterocycles. The van der Waals surface area contributed by atoms with Gasteiger partial charge in [0.2, 0.25) is 0 Å². The van der Waals surface area contributed by atoms with Crippen LogP contribution in [0.2, 0.25) is 0 Å². The number of nitrogen functional groups attached to an aromatic ring is 1. The van der Waals surface area contributed by atoms with E-state index in [1.807, 2.05) is 0 Å². The summed E-state index contributed by atoms with van der Waals surface area (Å²) in [7, 11) is 0. The van der Waals surface area contributed by atoms with Gasteiger partial charge in [-0.1, -0.05) is 36.5 Å². The van der Waals surface area contributed by atoms with E-state index in [-0.39, 0.29) is 0 Å². The number of fused-ring (bicyclic) bond motifs is 3. The van der Waals surface area contributed by atoms with Gasteiger partial charge in [-0.3, -0.25) is 0 Å². The maximum atomic E-state index is 6.00. The van der Waals surface area contributed by atoms with Gasteiger partial charge in [0.05, 0.1) is 0 Å². The summed E-state index contributed by atoms with van der Waals surface area (Å²) in [5.41, 5.74) is 9.60. The fourth-order valence-corrected chi connectivity index (χ4v) is 2.17. The average Bonchev–Trinajstić information content (AvgIpc) is 2.66. The van der Waals surface area contributed by atoms with Crippen molar-refractivity contribution in [3.05, 3.63) is 45.9 Å². The highest BCUT2D eigenvalue weighted by Crippen LogP contribution is 2.12. The van der Waals surface area contributed by atoms with E-state index in [0.29, 0.717) is 0 Å². The normalized spacial score (nSPS) is 15.7. The molecule has 2 aliphatic rings. The third-order valence-electron chi connectivity index (χ3n) is 2.84. The number of allylic oxidation sites excluding steroid dienone is 3. The molecule has 0 radical (unpaired) electrons. The lowest BCUT2D eigenvalue weighted by Crippen LogP contribution is -2.23. The zero-order valence-electron chi connectivity index (χ0n) is 7.83.